The van der Waals surface area contributed by atoms with Gasteiger partial charge in [0.15, 0.2) is 0 Å². The van der Waals surface area contributed by atoms with Crippen LogP contribution in [-0.2, 0) is 10.3 Å². The summed E-state index contributed by atoms with van der Waals surface area (Å²) in [5.74, 6) is -0.129. The number of piperidine rings is 1. The maximum absolute atomic E-state index is 13.0. The molecule has 2 aliphatic rings. The summed E-state index contributed by atoms with van der Waals surface area (Å²) in [6, 6.07) is 22.8. The van der Waals surface area contributed by atoms with E-state index in [1.54, 1.807) is 4.90 Å². The standard InChI is InChI=1S/C30H30Cl2N2O3/c1-33(28(35)21-7-3-2-4-8-21)20-23(22-11-12-26(31)27(32)19-22)13-16-34-17-14-30(15-18-34)25-10-6-5-9-24(25)29(36)37-30/h2-12,19,23H,13-18,20H2,1H3. The number of benzene rings is 3. The van der Waals surface area contributed by atoms with Crippen LogP contribution in [0, 0.1) is 0 Å². The number of ether oxygens (including phenoxy) is 1. The molecule has 1 amide bonds. The number of hydrogen-bond donors (Lipinski definition) is 0. The molecule has 0 bridgehead atoms. The molecule has 0 radical (unpaired) electrons. The van der Waals surface area contributed by atoms with Crippen LogP contribution in [0.4, 0.5) is 0 Å². The molecule has 1 spiro atoms. The minimum atomic E-state index is -0.504. The fourth-order valence-corrected chi connectivity index (χ4v) is 5.84. The van der Waals surface area contributed by atoms with E-state index < -0.39 is 5.60 Å². The molecule has 37 heavy (non-hydrogen) atoms. The lowest BCUT2D eigenvalue weighted by atomic mass is 9.83. The molecule has 3 aromatic carbocycles. The Hall–Kier alpha value is -2.86. The van der Waals surface area contributed by atoms with E-state index in [0.29, 0.717) is 27.7 Å². The number of rotatable bonds is 7. The Bertz CT molecular complexity index is 1290. The molecule has 1 unspecified atom stereocenters. The normalized spacial score (nSPS) is 17.3. The molecular weight excluding hydrogens is 507 g/mol. The third kappa shape index (κ3) is 5.40. The molecule has 0 aromatic heterocycles. The number of likely N-dealkylation sites (tertiary alicyclic amines) is 1. The molecule has 2 heterocycles. The van der Waals surface area contributed by atoms with Crippen molar-refractivity contribution in [2.75, 3.05) is 33.2 Å². The first-order valence-corrected chi connectivity index (χ1v) is 13.4. The predicted molar refractivity (Wildman–Crippen MR) is 146 cm³/mol. The minimum absolute atomic E-state index is 0.00714. The topological polar surface area (TPSA) is 49.9 Å². The van der Waals surface area contributed by atoms with Crippen LogP contribution in [0.3, 0.4) is 0 Å². The summed E-state index contributed by atoms with van der Waals surface area (Å²) < 4.78 is 5.91. The zero-order valence-corrected chi connectivity index (χ0v) is 22.3. The second-order valence-corrected chi connectivity index (χ2v) is 10.8. The van der Waals surface area contributed by atoms with Gasteiger partial charge in [-0.3, -0.25) is 4.79 Å². The van der Waals surface area contributed by atoms with Gasteiger partial charge in [0.25, 0.3) is 5.91 Å². The number of halogens is 2. The lowest BCUT2D eigenvalue weighted by molar-refractivity contribution is -0.0431. The fourth-order valence-electron chi connectivity index (χ4n) is 5.54. The smallest absolute Gasteiger partial charge is 0.339 e. The third-order valence-electron chi connectivity index (χ3n) is 7.66. The van der Waals surface area contributed by atoms with E-state index in [9.17, 15) is 9.59 Å². The molecule has 5 rings (SSSR count). The van der Waals surface area contributed by atoms with Crippen molar-refractivity contribution in [3.8, 4) is 0 Å². The van der Waals surface area contributed by atoms with Crippen molar-refractivity contribution in [1.82, 2.24) is 9.80 Å². The average Bonchev–Trinajstić information content (AvgIpc) is 3.20. The Balaban J connectivity index is 1.26. The summed E-state index contributed by atoms with van der Waals surface area (Å²) in [5.41, 5.74) is 2.95. The van der Waals surface area contributed by atoms with E-state index in [1.807, 2.05) is 79.8 Å². The van der Waals surface area contributed by atoms with E-state index >= 15 is 0 Å². The van der Waals surface area contributed by atoms with Crippen LogP contribution in [0.5, 0.6) is 0 Å². The first kappa shape index (κ1) is 25.8. The van der Waals surface area contributed by atoms with Crippen LogP contribution in [-0.4, -0.2) is 54.9 Å². The monoisotopic (exact) mass is 536 g/mol. The van der Waals surface area contributed by atoms with Gasteiger partial charge in [-0.25, -0.2) is 4.79 Å². The van der Waals surface area contributed by atoms with Crippen LogP contribution < -0.4 is 0 Å². The lowest BCUT2D eigenvalue weighted by Crippen LogP contribution is -2.43. The molecule has 1 saturated heterocycles. The van der Waals surface area contributed by atoms with Gasteiger partial charge in [0.2, 0.25) is 0 Å². The summed E-state index contributed by atoms with van der Waals surface area (Å²) in [6.45, 7) is 3.11. The van der Waals surface area contributed by atoms with Crippen LogP contribution in [0.25, 0.3) is 0 Å². The number of esters is 1. The summed E-state index contributed by atoms with van der Waals surface area (Å²) in [6.07, 6.45) is 2.41. The molecule has 7 heteroatoms. The van der Waals surface area contributed by atoms with Crippen LogP contribution in [0.2, 0.25) is 10.0 Å². The highest BCUT2D eigenvalue weighted by molar-refractivity contribution is 6.42. The molecule has 1 atom stereocenters. The van der Waals surface area contributed by atoms with E-state index in [-0.39, 0.29) is 17.8 Å². The first-order chi connectivity index (χ1) is 17.9. The highest BCUT2D eigenvalue weighted by atomic mass is 35.5. The quantitative estimate of drug-likeness (QED) is 0.328. The lowest BCUT2D eigenvalue weighted by Gasteiger charge is -2.39. The summed E-state index contributed by atoms with van der Waals surface area (Å²) in [7, 11) is 1.84. The number of likely N-dealkylation sites (N-methyl/N-ethyl adjacent to an activating group) is 1. The van der Waals surface area contributed by atoms with Gasteiger partial charge in [-0.05, 0) is 48.9 Å². The van der Waals surface area contributed by atoms with Crippen molar-refractivity contribution in [1.29, 1.82) is 0 Å². The third-order valence-corrected chi connectivity index (χ3v) is 8.40. The number of hydrogen-bond acceptors (Lipinski definition) is 4. The minimum Gasteiger partial charge on any atom is -0.450 e. The van der Waals surface area contributed by atoms with Crippen molar-refractivity contribution in [2.24, 2.45) is 0 Å². The van der Waals surface area contributed by atoms with Crippen molar-refractivity contribution < 1.29 is 14.3 Å². The van der Waals surface area contributed by atoms with Gasteiger partial charge in [0.1, 0.15) is 5.60 Å². The zero-order valence-electron chi connectivity index (χ0n) is 20.8. The fraction of sp³-hybridized carbons (Fsp3) is 0.333. The summed E-state index contributed by atoms with van der Waals surface area (Å²) in [4.78, 5) is 29.7. The van der Waals surface area contributed by atoms with Crippen molar-refractivity contribution in [2.45, 2.75) is 30.8 Å². The van der Waals surface area contributed by atoms with Crippen molar-refractivity contribution >= 4 is 35.1 Å². The molecule has 0 saturated carbocycles. The molecule has 0 N–H and O–H groups in total. The van der Waals surface area contributed by atoms with E-state index in [1.165, 1.54) is 0 Å². The zero-order chi connectivity index (χ0) is 26.0. The second-order valence-electron chi connectivity index (χ2n) is 9.98. The van der Waals surface area contributed by atoms with Crippen LogP contribution in [0.1, 0.15) is 57.0 Å². The first-order valence-electron chi connectivity index (χ1n) is 12.7. The van der Waals surface area contributed by atoms with Gasteiger partial charge in [-0.1, -0.05) is 65.7 Å². The maximum Gasteiger partial charge on any atom is 0.339 e. The molecule has 5 nitrogen and oxygen atoms in total. The molecule has 192 valence electrons. The van der Waals surface area contributed by atoms with Crippen LogP contribution in [0.15, 0.2) is 72.8 Å². The van der Waals surface area contributed by atoms with Crippen LogP contribution >= 0.6 is 23.2 Å². The molecule has 1 fully saturated rings. The Morgan fingerprint density at radius 1 is 1.00 bits per heavy atom. The van der Waals surface area contributed by atoms with E-state index in [0.717, 1.165) is 50.0 Å². The molecule has 3 aromatic rings. The highest BCUT2D eigenvalue weighted by Gasteiger charge is 2.47. The number of nitrogens with zero attached hydrogens (tertiary/aromatic N) is 2. The van der Waals surface area contributed by atoms with Gasteiger partial charge in [-0.15, -0.1) is 0 Å². The number of carbonyl (C=O) groups is 2. The maximum atomic E-state index is 13.0. The van der Waals surface area contributed by atoms with Gasteiger partial charge < -0.3 is 14.5 Å². The molecular formula is C30H30Cl2N2O3. The predicted octanol–water partition coefficient (Wildman–Crippen LogP) is 6.40. The average molecular weight is 537 g/mol. The van der Waals surface area contributed by atoms with Gasteiger partial charge in [0.05, 0.1) is 15.6 Å². The van der Waals surface area contributed by atoms with Gasteiger partial charge in [-0.2, -0.15) is 0 Å². The highest BCUT2D eigenvalue weighted by Crippen LogP contribution is 2.44. The van der Waals surface area contributed by atoms with E-state index in [4.69, 9.17) is 27.9 Å². The summed E-state index contributed by atoms with van der Waals surface area (Å²) >= 11 is 12.5. The second kappa shape index (κ2) is 10.9. The Morgan fingerprint density at radius 3 is 2.43 bits per heavy atom. The number of amides is 1. The van der Waals surface area contributed by atoms with Gasteiger partial charge in [0, 0.05) is 56.6 Å². The Labute approximate surface area is 227 Å². The number of fused-ring (bicyclic) bond motifs is 2. The molecule has 0 aliphatic carbocycles. The molecule has 2 aliphatic heterocycles. The SMILES string of the molecule is CN(CC(CCN1CCC2(CC1)OC(=O)c1ccccc12)c1ccc(Cl)c(Cl)c1)C(=O)c1ccccc1. The van der Waals surface area contributed by atoms with Crippen molar-refractivity contribution in [3.05, 3.63) is 105 Å². The van der Waals surface area contributed by atoms with Gasteiger partial charge >= 0.3 is 5.97 Å². The number of carbonyl (C=O) groups excluding carboxylic acids is 2. The Morgan fingerprint density at radius 2 is 1.70 bits per heavy atom. The summed E-state index contributed by atoms with van der Waals surface area (Å²) in [5, 5.41) is 1.04. The van der Waals surface area contributed by atoms with Crippen molar-refractivity contribution in [3.63, 3.8) is 0 Å². The largest absolute Gasteiger partial charge is 0.450 e. The van der Waals surface area contributed by atoms with E-state index in [2.05, 4.69) is 4.90 Å². The Kier molecular flexibility index (Phi) is 7.57.